The third-order valence-corrected chi connectivity index (χ3v) is 3.30. The Morgan fingerprint density at radius 3 is 2.73 bits per heavy atom. The van der Waals surface area contributed by atoms with Crippen molar-refractivity contribution in [2.24, 2.45) is 0 Å². The van der Waals surface area contributed by atoms with E-state index in [1.807, 2.05) is 38.1 Å². The molecule has 0 aliphatic carbocycles. The van der Waals surface area contributed by atoms with Crippen LogP contribution < -0.4 is 4.74 Å². The number of hydrogen-bond donors (Lipinski definition) is 1. The molecule has 2 unspecified atom stereocenters. The van der Waals surface area contributed by atoms with Gasteiger partial charge in [0.1, 0.15) is 5.75 Å². The molecule has 0 aromatic heterocycles. The highest BCUT2D eigenvalue weighted by atomic mass is 16.7. The smallest absolute Gasteiger partial charge is 0.333 e. The Labute approximate surface area is 130 Å². The quantitative estimate of drug-likeness (QED) is 0.669. The highest BCUT2D eigenvalue weighted by molar-refractivity contribution is 5.87. The van der Waals surface area contributed by atoms with Crippen LogP contribution in [0.1, 0.15) is 32.3 Å². The molecule has 0 radical (unpaired) electrons. The van der Waals surface area contributed by atoms with E-state index in [0.29, 0.717) is 19.4 Å². The van der Waals surface area contributed by atoms with Crippen molar-refractivity contribution in [2.75, 3.05) is 6.61 Å². The lowest BCUT2D eigenvalue weighted by molar-refractivity contribution is -0.209. The van der Waals surface area contributed by atoms with Gasteiger partial charge in [0.2, 0.25) is 6.29 Å². The lowest BCUT2D eigenvalue weighted by Crippen LogP contribution is -2.36. The largest absolute Gasteiger partial charge is 0.494 e. The molecule has 0 saturated carbocycles. The predicted molar refractivity (Wildman–Crippen MR) is 82.3 cm³/mol. The second-order valence-corrected chi connectivity index (χ2v) is 5.27. The van der Waals surface area contributed by atoms with Crippen molar-refractivity contribution in [3.8, 4) is 5.75 Å². The van der Waals surface area contributed by atoms with Gasteiger partial charge in [-0.25, -0.2) is 4.79 Å². The minimum absolute atomic E-state index is 0.114. The molecular weight excluding hydrogens is 284 g/mol. The summed E-state index contributed by atoms with van der Waals surface area (Å²) >= 11 is 0. The number of carbonyl (C=O) groups excluding carboxylic acids is 1. The van der Waals surface area contributed by atoms with Gasteiger partial charge in [0, 0.05) is 12.5 Å². The van der Waals surface area contributed by atoms with E-state index >= 15 is 0 Å². The SMILES string of the molecule is CCOc1ccc(/C=C/C(=O)OC2C[C@H](O)CC(C)O2)cc1. The summed E-state index contributed by atoms with van der Waals surface area (Å²) in [6.45, 7) is 4.39. The van der Waals surface area contributed by atoms with Crippen LogP contribution in [0, 0.1) is 0 Å². The topological polar surface area (TPSA) is 65.0 Å². The van der Waals surface area contributed by atoms with Crippen molar-refractivity contribution in [3.63, 3.8) is 0 Å². The second-order valence-electron chi connectivity index (χ2n) is 5.27. The Bertz CT molecular complexity index is 498. The third-order valence-electron chi connectivity index (χ3n) is 3.30. The second kappa shape index (κ2) is 7.96. The van der Waals surface area contributed by atoms with E-state index in [0.717, 1.165) is 11.3 Å². The summed E-state index contributed by atoms with van der Waals surface area (Å²) in [4.78, 5) is 11.8. The van der Waals surface area contributed by atoms with Crippen molar-refractivity contribution < 1.29 is 24.1 Å². The molecule has 120 valence electrons. The van der Waals surface area contributed by atoms with E-state index in [-0.39, 0.29) is 6.10 Å². The summed E-state index contributed by atoms with van der Waals surface area (Å²) in [5.41, 5.74) is 0.873. The lowest BCUT2D eigenvalue weighted by atomic mass is 10.1. The maximum atomic E-state index is 11.8. The summed E-state index contributed by atoms with van der Waals surface area (Å²) in [5, 5.41) is 9.64. The van der Waals surface area contributed by atoms with Gasteiger partial charge in [-0.2, -0.15) is 0 Å². The zero-order valence-electron chi connectivity index (χ0n) is 12.9. The molecule has 1 heterocycles. The number of hydrogen-bond acceptors (Lipinski definition) is 5. The Kier molecular flexibility index (Phi) is 5.98. The van der Waals surface area contributed by atoms with Crippen LogP contribution in [0.2, 0.25) is 0 Å². The Balaban J connectivity index is 1.85. The molecule has 5 heteroatoms. The molecule has 22 heavy (non-hydrogen) atoms. The summed E-state index contributed by atoms with van der Waals surface area (Å²) in [7, 11) is 0. The molecule has 1 fully saturated rings. The number of benzene rings is 1. The first kappa shape index (κ1) is 16.5. The first-order chi connectivity index (χ1) is 10.6. The van der Waals surface area contributed by atoms with Crippen LogP contribution in [0.5, 0.6) is 5.75 Å². The summed E-state index contributed by atoms with van der Waals surface area (Å²) < 4.78 is 16.0. The van der Waals surface area contributed by atoms with E-state index in [1.165, 1.54) is 6.08 Å². The van der Waals surface area contributed by atoms with Crippen molar-refractivity contribution in [1.82, 2.24) is 0 Å². The molecular formula is C17H22O5. The zero-order valence-corrected chi connectivity index (χ0v) is 12.9. The Morgan fingerprint density at radius 2 is 2.09 bits per heavy atom. The number of carbonyl (C=O) groups is 1. The summed E-state index contributed by atoms with van der Waals surface area (Å²) in [6.07, 6.45) is 2.61. The predicted octanol–water partition coefficient (Wildman–Crippen LogP) is 2.53. The number of esters is 1. The first-order valence-electron chi connectivity index (χ1n) is 7.52. The molecule has 0 amide bonds. The van der Waals surface area contributed by atoms with Gasteiger partial charge in [-0.05, 0) is 44.0 Å². The summed E-state index contributed by atoms with van der Waals surface area (Å²) in [5.74, 6) is 0.306. The van der Waals surface area contributed by atoms with E-state index in [2.05, 4.69) is 0 Å². The first-order valence-corrected chi connectivity index (χ1v) is 7.52. The maximum Gasteiger partial charge on any atom is 0.333 e. The fourth-order valence-electron chi connectivity index (χ4n) is 2.32. The van der Waals surface area contributed by atoms with Gasteiger partial charge in [-0.3, -0.25) is 0 Å². The van der Waals surface area contributed by atoms with Crippen LogP contribution >= 0.6 is 0 Å². The molecule has 1 aliphatic rings. The molecule has 1 aromatic carbocycles. The van der Waals surface area contributed by atoms with Crippen molar-refractivity contribution in [3.05, 3.63) is 35.9 Å². The Hall–Kier alpha value is -1.85. The fourth-order valence-corrected chi connectivity index (χ4v) is 2.32. The van der Waals surface area contributed by atoms with Gasteiger partial charge in [0.05, 0.1) is 18.8 Å². The molecule has 5 nitrogen and oxygen atoms in total. The fraction of sp³-hybridized carbons (Fsp3) is 0.471. The molecule has 0 spiro atoms. The summed E-state index contributed by atoms with van der Waals surface area (Å²) in [6, 6.07) is 7.41. The van der Waals surface area contributed by atoms with Gasteiger partial charge in [0.15, 0.2) is 0 Å². The van der Waals surface area contributed by atoms with Crippen molar-refractivity contribution in [1.29, 1.82) is 0 Å². The molecule has 1 aromatic rings. The van der Waals surface area contributed by atoms with Crippen LogP contribution in [0.15, 0.2) is 30.3 Å². The van der Waals surface area contributed by atoms with E-state index in [1.54, 1.807) is 6.08 Å². The maximum absolute atomic E-state index is 11.8. The Morgan fingerprint density at radius 1 is 1.36 bits per heavy atom. The molecule has 1 N–H and O–H groups in total. The molecule has 3 atom stereocenters. The van der Waals surface area contributed by atoms with Crippen molar-refractivity contribution >= 4 is 12.0 Å². The van der Waals surface area contributed by atoms with Gasteiger partial charge in [0.25, 0.3) is 0 Å². The molecule has 1 saturated heterocycles. The molecule has 1 aliphatic heterocycles. The van der Waals surface area contributed by atoms with Gasteiger partial charge in [-0.15, -0.1) is 0 Å². The molecule has 2 rings (SSSR count). The van der Waals surface area contributed by atoms with Crippen LogP contribution in [0.4, 0.5) is 0 Å². The standard InChI is InChI=1S/C17H22O5/c1-3-20-15-7-4-13(5-8-15)6-9-16(19)22-17-11-14(18)10-12(2)21-17/h4-9,12,14,17-18H,3,10-11H2,1-2H3/b9-6+/t12?,14-,17?/m1/s1. The number of aliphatic hydroxyl groups excluding tert-OH is 1. The van der Waals surface area contributed by atoms with Gasteiger partial charge >= 0.3 is 5.97 Å². The number of rotatable bonds is 5. The van der Waals surface area contributed by atoms with Crippen LogP contribution in [-0.4, -0.2) is 36.2 Å². The van der Waals surface area contributed by atoms with Crippen LogP contribution in [0.3, 0.4) is 0 Å². The number of aliphatic hydroxyl groups is 1. The normalized spacial score (nSPS) is 25.1. The van der Waals surface area contributed by atoms with E-state index in [4.69, 9.17) is 14.2 Å². The van der Waals surface area contributed by atoms with Crippen LogP contribution in [0.25, 0.3) is 6.08 Å². The van der Waals surface area contributed by atoms with Crippen LogP contribution in [-0.2, 0) is 14.3 Å². The third kappa shape index (κ3) is 5.16. The van der Waals surface area contributed by atoms with Crippen molar-refractivity contribution in [2.45, 2.75) is 45.2 Å². The monoisotopic (exact) mass is 306 g/mol. The zero-order chi connectivity index (χ0) is 15.9. The lowest BCUT2D eigenvalue weighted by Gasteiger charge is -2.30. The van der Waals surface area contributed by atoms with E-state index in [9.17, 15) is 9.90 Å². The number of ether oxygens (including phenoxy) is 3. The van der Waals surface area contributed by atoms with E-state index < -0.39 is 18.4 Å². The average Bonchev–Trinajstić information content (AvgIpc) is 2.46. The average molecular weight is 306 g/mol. The van der Waals surface area contributed by atoms with Gasteiger partial charge in [-0.1, -0.05) is 12.1 Å². The minimum Gasteiger partial charge on any atom is -0.494 e. The highest BCUT2D eigenvalue weighted by Crippen LogP contribution is 2.20. The molecule has 0 bridgehead atoms. The van der Waals surface area contributed by atoms with Gasteiger partial charge < -0.3 is 19.3 Å². The minimum atomic E-state index is -0.684. The highest BCUT2D eigenvalue weighted by Gasteiger charge is 2.27.